The molecule has 2 heterocycles. The van der Waals surface area contributed by atoms with Crippen molar-refractivity contribution in [2.24, 2.45) is 5.41 Å². The van der Waals surface area contributed by atoms with Gasteiger partial charge in [0.05, 0.1) is 27.1 Å². The number of carboxylic acids is 1. The molecule has 166 valence electrons. The van der Waals surface area contributed by atoms with Crippen LogP contribution in [0.25, 0.3) is 16.6 Å². The fraction of sp³-hybridized carbons (Fsp3) is 0.273. The number of carbonyl (C=O) groups is 2. The van der Waals surface area contributed by atoms with Crippen LogP contribution in [0.5, 0.6) is 0 Å². The number of hydrogen-bond acceptors (Lipinski definition) is 4. The summed E-state index contributed by atoms with van der Waals surface area (Å²) in [7, 11) is 0. The molecule has 0 spiro atoms. The monoisotopic (exact) mass is 463 g/mol. The second kappa shape index (κ2) is 7.74. The highest BCUT2D eigenvalue weighted by Gasteiger charge is 2.38. The van der Waals surface area contributed by atoms with E-state index in [2.05, 4.69) is 10.1 Å². The third-order valence-corrected chi connectivity index (χ3v) is 6.04. The van der Waals surface area contributed by atoms with E-state index in [1.807, 2.05) is 0 Å². The van der Waals surface area contributed by atoms with E-state index in [0.717, 1.165) is 16.8 Å². The smallest absolute Gasteiger partial charge is 0.417 e. The van der Waals surface area contributed by atoms with Crippen LogP contribution in [0.4, 0.5) is 13.2 Å². The van der Waals surface area contributed by atoms with E-state index < -0.39 is 34.6 Å². The lowest BCUT2D eigenvalue weighted by Gasteiger charge is -2.27. The van der Waals surface area contributed by atoms with Crippen molar-refractivity contribution in [1.82, 2.24) is 14.8 Å². The lowest BCUT2D eigenvalue weighted by atomic mass is 9.76. The number of halogens is 4. The average Bonchev–Trinajstić information content (AvgIpc) is 3.13. The molecule has 0 saturated carbocycles. The quantitative estimate of drug-likeness (QED) is 0.558. The standard InChI is InChI=1S/C22H17ClF3N3O3/c1-21(20(31)32)9-7-12(8-10-21)17-18-15(6-3-11-27-18)29(28-17)19(30)16-13(22(24,25)26)4-2-5-14(16)23/h2-7,11H,8-10H2,1H3,(H,31,32). The molecule has 4 rings (SSSR count). The van der Waals surface area contributed by atoms with Crippen LogP contribution in [-0.4, -0.2) is 31.7 Å². The van der Waals surface area contributed by atoms with Crippen molar-refractivity contribution in [1.29, 1.82) is 0 Å². The van der Waals surface area contributed by atoms with Gasteiger partial charge in [-0.15, -0.1) is 0 Å². The molecule has 3 aromatic rings. The summed E-state index contributed by atoms with van der Waals surface area (Å²) in [6, 6.07) is 6.21. The van der Waals surface area contributed by atoms with Gasteiger partial charge in [-0.1, -0.05) is 23.7 Å². The zero-order valence-corrected chi connectivity index (χ0v) is 17.5. The second-order valence-corrected chi connectivity index (χ2v) is 8.30. The molecule has 0 saturated heterocycles. The van der Waals surface area contributed by atoms with E-state index >= 15 is 0 Å². The zero-order valence-electron chi connectivity index (χ0n) is 16.8. The molecule has 0 fully saturated rings. The highest BCUT2D eigenvalue weighted by atomic mass is 35.5. The molecule has 0 bridgehead atoms. The maximum absolute atomic E-state index is 13.5. The van der Waals surface area contributed by atoms with E-state index in [-0.39, 0.29) is 17.0 Å². The summed E-state index contributed by atoms with van der Waals surface area (Å²) in [6.45, 7) is 1.65. The largest absolute Gasteiger partial charge is 0.481 e. The Bertz CT molecular complexity index is 1280. The summed E-state index contributed by atoms with van der Waals surface area (Å²) < 4.78 is 41.5. The van der Waals surface area contributed by atoms with Gasteiger partial charge in [-0.05, 0) is 56.0 Å². The Morgan fingerprint density at radius 2 is 1.97 bits per heavy atom. The van der Waals surface area contributed by atoms with Crippen LogP contribution in [0.1, 0.15) is 47.8 Å². The normalized spacial score (nSPS) is 19.1. The number of benzene rings is 1. The fourth-order valence-electron chi connectivity index (χ4n) is 3.78. The first-order chi connectivity index (χ1) is 15.0. The Labute approximate surface area is 185 Å². The van der Waals surface area contributed by atoms with Crippen LogP contribution in [0.2, 0.25) is 5.02 Å². The summed E-state index contributed by atoms with van der Waals surface area (Å²) in [5, 5.41) is 13.4. The van der Waals surface area contributed by atoms with Crippen molar-refractivity contribution in [3.8, 4) is 0 Å². The Balaban J connectivity index is 1.85. The van der Waals surface area contributed by atoms with Crippen molar-refractivity contribution in [3.05, 3.63) is 64.4 Å². The molecule has 1 aromatic carbocycles. The summed E-state index contributed by atoms with van der Waals surface area (Å²) in [5.41, 5.74) is -1.17. The van der Waals surface area contributed by atoms with E-state index in [1.165, 1.54) is 18.3 Å². The predicted octanol–water partition coefficient (Wildman–Crippen LogP) is 5.45. The lowest BCUT2D eigenvalue weighted by Crippen LogP contribution is -2.29. The number of fused-ring (bicyclic) bond motifs is 1. The summed E-state index contributed by atoms with van der Waals surface area (Å²) in [6.07, 6.45) is -0.572. The molecule has 1 N–H and O–H groups in total. The number of carboxylic acid groups (broad SMARTS) is 1. The number of aromatic nitrogens is 3. The molecule has 1 aliphatic rings. The van der Waals surface area contributed by atoms with Crippen LogP contribution in [0, 0.1) is 5.41 Å². The predicted molar refractivity (Wildman–Crippen MR) is 111 cm³/mol. The van der Waals surface area contributed by atoms with Crippen molar-refractivity contribution in [2.45, 2.75) is 32.4 Å². The topological polar surface area (TPSA) is 85.1 Å². The van der Waals surface area contributed by atoms with Gasteiger partial charge in [-0.3, -0.25) is 14.6 Å². The average molecular weight is 464 g/mol. The summed E-state index contributed by atoms with van der Waals surface area (Å²) in [4.78, 5) is 29.0. The zero-order chi connectivity index (χ0) is 23.3. The van der Waals surface area contributed by atoms with Crippen molar-refractivity contribution < 1.29 is 27.9 Å². The number of nitrogens with zero attached hydrogens (tertiary/aromatic N) is 3. The number of alkyl halides is 3. The minimum atomic E-state index is -4.78. The molecule has 0 radical (unpaired) electrons. The lowest BCUT2D eigenvalue weighted by molar-refractivity contribution is -0.148. The van der Waals surface area contributed by atoms with Gasteiger partial charge in [-0.2, -0.15) is 23.0 Å². The summed E-state index contributed by atoms with van der Waals surface area (Å²) >= 11 is 6.00. The van der Waals surface area contributed by atoms with Gasteiger partial charge in [0, 0.05) is 6.20 Å². The van der Waals surface area contributed by atoms with Crippen LogP contribution in [0.3, 0.4) is 0 Å². The number of rotatable bonds is 3. The van der Waals surface area contributed by atoms with Gasteiger partial charge < -0.3 is 5.11 Å². The van der Waals surface area contributed by atoms with Crippen molar-refractivity contribution >= 4 is 40.1 Å². The first kappa shape index (κ1) is 22.0. The molecular weight excluding hydrogens is 447 g/mol. The highest BCUT2D eigenvalue weighted by molar-refractivity contribution is 6.34. The number of aliphatic carboxylic acids is 1. The van der Waals surface area contributed by atoms with Gasteiger partial charge >= 0.3 is 12.1 Å². The number of hydrogen-bond donors (Lipinski definition) is 1. The second-order valence-electron chi connectivity index (χ2n) is 7.90. The third-order valence-electron chi connectivity index (χ3n) is 5.73. The maximum Gasteiger partial charge on any atom is 0.417 e. The van der Waals surface area contributed by atoms with Gasteiger partial charge in [0.2, 0.25) is 0 Å². The molecular formula is C22H17ClF3N3O3. The third kappa shape index (κ3) is 3.66. The van der Waals surface area contributed by atoms with E-state index in [4.69, 9.17) is 11.6 Å². The van der Waals surface area contributed by atoms with Gasteiger partial charge in [0.1, 0.15) is 11.2 Å². The van der Waals surface area contributed by atoms with Crippen LogP contribution >= 0.6 is 11.6 Å². The molecule has 1 aliphatic carbocycles. The van der Waals surface area contributed by atoms with E-state index in [9.17, 15) is 27.9 Å². The molecule has 10 heteroatoms. The Kier molecular flexibility index (Phi) is 5.32. The van der Waals surface area contributed by atoms with Crippen LogP contribution < -0.4 is 0 Å². The number of pyridine rings is 1. The molecule has 0 amide bonds. The van der Waals surface area contributed by atoms with E-state index in [0.29, 0.717) is 29.6 Å². The van der Waals surface area contributed by atoms with Gasteiger partial charge in [0.15, 0.2) is 0 Å². The highest BCUT2D eigenvalue weighted by Crippen LogP contribution is 2.40. The molecule has 6 nitrogen and oxygen atoms in total. The molecule has 32 heavy (non-hydrogen) atoms. The van der Waals surface area contributed by atoms with Crippen molar-refractivity contribution in [2.75, 3.05) is 0 Å². The molecule has 1 atom stereocenters. The van der Waals surface area contributed by atoms with E-state index in [1.54, 1.807) is 19.1 Å². The summed E-state index contributed by atoms with van der Waals surface area (Å²) in [5.74, 6) is -1.94. The van der Waals surface area contributed by atoms with Gasteiger partial charge in [-0.25, -0.2) is 0 Å². The Hall–Kier alpha value is -3.20. The minimum absolute atomic E-state index is 0.230. The maximum atomic E-state index is 13.5. The molecule has 1 unspecified atom stereocenters. The van der Waals surface area contributed by atoms with Gasteiger partial charge in [0.25, 0.3) is 5.91 Å². The number of allylic oxidation sites excluding steroid dienone is 2. The molecule has 2 aromatic heterocycles. The fourth-order valence-corrected chi connectivity index (χ4v) is 4.03. The Morgan fingerprint density at radius 3 is 2.59 bits per heavy atom. The first-order valence-electron chi connectivity index (χ1n) is 9.70. The van der Waals surface area contributed by atoms with Crippen LogP contribution in [-0.2, 0) is 11.0 Å². The molecule has 0 aliphatic heterocycles. The van der Waals surface area contributed by atoms with Crippen LogP contribution in [0.15, 0.2) is 42.6 Å². The SMILES string of the molecule is CC1(C(=O)O)CC=C(c2nn(C(=O)c3c(Cl)cccc3C(F)(F)F)c3cccnc23)CC1. The first-order valence-corrected chi connectivity index (χ1v) is 10.1. The minimum Gasteiger partial charge on any atom is -0.481 e. The Morgan fingerprint density at radius 1 is 1.22 bits per heavy atom. The number of carbonyl (C=O) groups excluding carboxylic acids is 1. The van der Waals surface area contributed by atoms with Crippen molar-refractivity contribution in [3.63, 3.8) is 0 Å².